The van der Waals surface area contributed by atoms with E-state index < -0.39 is 5.97 Å². The molecule has 0 bridgehead atoms. The predicted octanol–water partition coefficient (Wildman–Crippen LogP) is 11.0. The van der Waals surface area contributed by atoms with Crippen molar-refractivity contribution in [1.29, 1.82) is 0 Å². The van der Waals surface area contributed by atoms with Crippen LogP contribution in [0.5, 0.6) is 0 Å². The van der Waals surface area contributed by atoms with Gasteiger partial charge in [0.2, 0.25) is 0 Å². The highest BCUT2D eigenvalue weighted by Gasteiger charge is 2.21. The molecule has 1 N–H and O–H groups in total. The molecule has 0 unspecified atom stereocenters. The monoisotopic (exact) mass is 545 g/mol. The SMILES string of the molecule is O=C(O)c1ccc(N(c2ccc(C3CCCCC3)cc2)c2ccc3c4cccc5cccc(c6cccc2c63)c54)cc1. The molecule has 0 radical (unpaired) electrons. The Labute approximate surface area is 245 Å². The molecule has 0 spiro atoms. The van der Waals surface area contributed by atoms with Crippen molar-refractivity contribution < 1.29 is 9.90 Å². The number of carboxylic acid groups (broad SMARTS) is 1. The number of hydrogen-bond donors (Lipinski definition) is 1. The Balaban J connectivity index is 1.36. The van der Waals surface area contributed by atoms with Gasteiger partial charge in [0.1, 0.15) is 0 Å². The van der Waals surface area contributed by atoms with Gasteiger partial charge < -0.3 is 10.0 Å². The minimum Gasteiger partial charge on any atom is -0.478 e. The van der Waals surface area contributed by atoms with Crippen LogP contribution in [0.25, 0.3) is 43.1 Å². The summed E-state index contributed by atoms with van der Waals surface area (Å²) in [6, 6.07) is 40.6. The number of fused-ring (bicyclic) bond motifs is 2. The zero-order valence-electron chi connectivity index (χ0n) is 23.4. The average Bonchev–Trinajstić information content (AvgIpc) is 3.05. The van der Waals surface area contributed by atoms with Gasteiger partial charge in [0.15, 0.2) is 0 Å². The van der Waals surface area contributed by atoms with E-state index in [-0.39, 0.29) is 5.56 Å². The van der Waals surface area contributed by atoms with E-state index in [1.807, 2.05) is 12.1 Å². The number of hydrogen-bond acceptors (Lipinski definition) is 2. The summed E-state index contributed by atoms with van der Waals surface area (Å²) in [7, 11) is 0. The summed E-state index contributed by atoms with van der Waals surface area (Å²) < 4.78 is 0. The van der Waals surface area contributed by atoms with E-state index in [9.17, 15) is 9.90 Å². The van der Waals surface area contributed by atoms with Crippen LogP contribution in [0, 0.1) is 0 Å². The first-order chi connectivity index (χ1) is 20.7. The van der Waals surface area contributed by atoms with Crippen LogP contribution in [-0.4, -0.2) is 11.1 Å². The van der Waals surface area contributed by atoms with E-state index >= 15 is 0 Å². The van der Waals surface area contributed by atoms with Gasteiger partial charge in [-0.15, -0.1) is 0 Å². The van der Waals surface area contributed by atoms with Crippen molar-refractivity contribution in [1.82, 2.24) is 0 Å². The van der Waals surface area contributed by atoms with Crippen molar-refractivity contribution in [3.8, 4) is 0 Å². The molecular formula is C39H31NO2. The lowest BCUT2D eigenvalue weighted by atomic mass is 9.84. The Kier molecular flexibility index (Phi) is 5.85. The number of nitrogens with zero attached hydrogens (tertiary/aromatic N) is 1. The third-order valence-electron chi connectivity index (χ3n) is 9.34. The number of anilines is 3. The highest BCUT2D eigenvalue weighted by molar-refractivity contribution is 6.34. The Bertz CT molecular complexity index is 2040. The lowest BCUT2D eigenvalue weighted by Gasteiger charge is -2.29. The molecule has 0 aromatic heterocycles. The Morgan fingerprint density at radius 1 is 0.571 bits per heavy atom. The van der Waals surface area contributed by atoms with Gasteiger partial charge >= 0.3 is 5.97 Å². The Morgan fingerprint density at radius 2 is 1.12 bits per heavy atom. The fourth-order valence-electron chi connectivity index (χ4n) is 7.34. The molecule has 1 aliphatic carbocycles. The average molecular weight is 546 g/mol. The molecule has 3 heteroatoms. The smallest absolute Gasteiger partial charge is 0.335 e. The summed E-state index contributed by atoms with van der Waals surface area (Å²) in [6.45, 7) is 0. The van der Waals surface area contributed by atoms with Gasteiger partial charge in [-0.25, -0.2) is 4.79 Å². The van der Waals surface area contributed by atoms with Gasteiger partial charge in [-0.2, -0.15) is 0 Å². The molecule has 0 heterocycles. The number of rotatable bonds is 5. The largest absolute Gasteiger partial charge is 0.478 e. The van der Waals surface area contributed by atoms with Crippen LogP contribution in [-0.2, 0) is 0 Å². The summed E-state index contributed by atoms with van der Waals surface area (Å²) in [5.74, 6) is -0.279. The van der Waals surface area contributed by atoms with Crippen LogP contribution in [0.3, 0.4) is 0 Å². The van der Waals surface area contributed by atoms with Gasteiger partial charge in [-0.1, -0.05) is 92.1 Å². The molecule has 42 heavy (non-hydrogen) atoms. The minimum absolute atomic E-state index is 0.285. The number of carbonyl (C=O) groups is 1. The third kappa shape index (κ3) is 3.92. The summed E-state index contributed by atoms with van der Waals surface area (Å²) in [6.07, 6.45) is 6.50. The highest BCUT2D eigenvalue weighted by Crippen LogP contribution is 2.46. The van der Waals surface area contributed by atoms with E-state index in [2.05, 4.69) is 95.9 Å². The van der Waals surface area contributed by atoms with E-state index in [1.165, 1.54) is 80.8 Å². The molecule has 0 atom stereocenters. The molecule has 1 saturated carbocycles. The lowest BCUT2D eigenvalue weighted by Crippen LogP contribution is -2.12. The quantitative estimate of drug-likeness (QED) is 0.173. The predicted molar refractivity (Wildman–Crippen MR) is 175 cm³/mol. The van der Waals surface area contributed by atoms with Crippen molar-refractivity contribution in [3.05, 3.63) is 126 Å². The van der Waals surface area contributed by atoms with Crippen molar-refractivity contribution >= 4 is 66.1 Å². The van der Waals surface area contributed by atoms with Crippen LogP contribution >= 0.6 is 0 Å². The third-order valence-corrected chi connectivity index (χ3v) is 9.34. The van der Waals surface area contributed by atoms with Gasteiger partial charge in [0.05, 0.1) is 11.3 Å². The lowest BCUT2D eigenvalue weighted by molar-refractivity contribution is 0.0697. The first-order valence-electron chi connectivity index (χ1n) is 15.0. The highest BCUT2D eigenvalue weighted by atomic mass is 16.4. The van der Waals surface area contributed by atoms with Crippen LogP contribution in [0.1, 0.15) is 53.9 Å². The molecule has 7 aromatic carbocycles. The second-order valence-electron chi connectivity index (χ2n) is 11.7. The first-order valence-corrected chi connectivity index (χ1v) is 15.0. The van der Waals surface area contributed by atoms with Gasteiger partial charge in [-0.05, 0) is 104 Å². The maximum absolute atomic E-state index is 11.7. The van der Waals surface area contributed by atoms with E-state index in [4.69, 9.17) is 0 Å². The van der Waals surface area contributed by atoms with Crippen molar-refractivity contribution in [2.45, 2.75) is 38.0 Å². The summed E-state index contributed by atoms with van der Waals surface area (Å²) in [4.78, 5) is 13.9. The van der Waals surface area contributed by atoms with E-state index in [1.54, 1.807) is 12.1 Å². The molecule has 1 fully saturated rings. The topological polar surface area (TPSA) is 40.5 Å². The normalized spacial score (nSPS) is 14.3. The number of carboxylic acids is 1. The number of aromatic carboxylic acids is 1. The van der Waals surface area contributed by atoms with Crippen LogP contribution in [0.2, 0.25) is 0 Å². The van der Waals surface area contributed by atoms with E-state index in [0.29, 0.717) is 5.92 Å². The van der Waals surface area contributed by atoms with Crippen LogP contribution in [0.4, 0.5) is 17.1 Å². The Hall–Kier alpha value is -4.89. The summed E-state index contributed by atoms with van der Waals surface area (Å²) >= 11 is 0. The summed E-state index contributed by atoms with van der Waals surface area (Å²) in [5, 5.41) is 19.6. The Morgan fingerprint density at radius 3 is 1.76 bits per heavy atom. The van der Waals surface area contributed by atoms with Crippen molar-refractivity contribution in [2.75, 3.05) is 4.90 Å². The molecule has 1 aliphatic rings. The minimum atomic E-state index is -0.917. The van der Waals surface area contributed by atoms with Gasteiger partial charge in [0.25, 0.3) is 0 Å². The molecule has 0 saturated heterocycles. The zero-order valence-corrected chi connectivity index (χ0v) is 23.4. The molecule has 0 aliphatic heterocycles. The molecule has 3 nitrogen and oxygen atoms in total. The maximum atomic E-state index is 11.7. The first kappa shape index (κ1) is 24.9. The second kappa shape index (κ2) is 9.88. The molecule has 0 amide bonds. The van der Waals surface area contributed by atoms with Crippen molar-refractivity contribution in [3.63, 3.8) is 0 Å². The molecular weight excluding hydrogens is 514 g/mol. The van der Waals surface area contributed by atoms with Crippen molar-refractivity contribution in [2.24, 2.45) is 0 Å². The zero-order chi connectivity index (χ0) is 28.2. The molecule has 204 valence electrons. The fourth-order valence-corrected chi connectivity index (χ4v) is 7.34. The summed E-state index contributed by atoms with van der Waals surface area (Å²) in [5.41, 5.74) is 4.78. The van der Waals surface area contributed by atoms with Gasteiger partial charge in [-0.3, -0.25) is 0 Å². The standard InChI is InChI=1S/C39H31NO2/c41-39(42)28-17-21-30(22-18-28)40(29-19-15-26(16-20-29)25-7-2-1-3-8-25)36-24-23-34-32-12-5-10-27-9-4-11-31(37(27)32)33-13-6-14-35(36)38(33)34/h4-6,9-25H,1-3,7-8H2,(H,41,42). The van der Waals surface area contributed by atoms with Crippen LogP contribution in [0.15, 0.2) is 115 Å². The van der Waals surface area contributed by atoms with Gasteiger partial charge in [0, 0.05) is 16.8 Å². The maximum Gasteiger partial charge on any atom is 0.335 e. The second-order valence-corrected chi connectivity index (χ2v) is 11.7. The fraction of sp³-hybridized carbons (Fsp3) is 0.154. The molecule has 8 rings (SSSR count). The van der Waals surface area contributed by atoms with E-state index in [0.717, 1.165) is 17.1 Å². The number of benzene rings is 7. The van der Waals surface area contributed by atoms with Crippen LogP contribution < -0.4 is 4.90 Å². The molecule has 7 aromatic rings.